The molecule has 0 radical (unpaired) electrons. The molecule has 0 fully saturated rings. The van der Waals surface area contributed by atoms with Crippen molar-refractivity contribution < 1.29 is 9.90 Å². The van der Waals surface area contributed by atoms with Gasteiger partial charge in [-0.2, -0.15) is 0 Å². The van der Waals surface area contributed by atoms with Crippen LogP contribution < -0.4 is 4.67 Å². The van der Waals surface area contributed by atoms with E-state index >= 15 is 0 Å². The minimum atomic E-state index is -0.868. The van der Waals surface area contributed by atoms with Crippen molar-refractivity contribution in [1.29, 1.82) is 0 Å². The van der Waals surface area contributed by atoms with Crippen LogP contribution >= 0.6 is 17.8 Å². The molecule has 8 heteroatoms. The highest BCUT2D eigenvalue weighted by atomic mass is 31.1. The second kappa shape index (κ2) is 11.9. The molecule has 0 amide bonds. The molecule has 0 aliphatic rings. The van der Waals surface area contributed by atoms with E-state index in [1.165, 1.54) is 33.8 Å². The van der Waals surface area contributed by atoms with E-state index in [4.69, 9.17) is 0 Å². The van der Waals surface area contributed by atoms with Crippen molar-refractivity contribution in [3.8, 4) is 0 Å². The number of aromatic nitrogens is 3. The predicted molar refractivity (Wildman–Crippen MR) is 176 cm³/mol. The molecule has 5 rings (SSSR count). The van der Waals surface area contributed by atoms with Gasteiger partial charge in [0.1, 0.15) is 5.69 Å². The van der Waals surface area contributed by atoms with Gasteiger partial charge in [-0.15, -0.1) is 0 Å². The number of hydrogen-bond donors (Lipinski definition) is 1. The van der Waals surface area contributed by atoms with Crippen LogP contribution in [0.4, 0.5) is 5.69 Å². The Kier molecular flexibility index (Phi) is 8.45. The van der Waals surface area contributed by atoms with Crippen LogP contribution in [0.2, 0.25) is 0 Å². The van der Waals surface area contributed by atoms with Crippen LogP contribution in [0.3, 0.4) is 0 Å². The van der Waals surface area contributed by atoms with E-state index in [9.17, 15) is 9.90 Å². The number of carboxylic acids is 1. The van der Waals surface area contributed by atoms with Gasteiger partial charge >= 0.3 is 5.97 Å². The van der Waals surface area contributed by atoms with Gasteiger partial charge < -0.3 is 22.8 Å². The van der Waals surface area contributed by atoms with Gasteiger partial charge in [-0.3, -0.25) is 0 Å². The van der Waals surface area contributed by atoms with E-state index < -0.39 is 5.97 Å². The maximum atomic E-state index is 12.7. The Balaban J connectivity index is 1.65. The summed E-state index contributed by atoms with van der Waals surface area (Å²) in [4.78, 5) is 12.7. The first-order valence-electron chi connectivity index (χ1n) is 14.2. The van der Waals surface area contributed by atoms with Gasteiger partial charge in [-0.1, -0.05) is 50.2 Å². The fraction of sp³-hybridized carbons (Fsp3) is 0.303. The summed E-state index contributed by atoms with van der Waals surface area (Å²) in [6.07, 6.45) is 4.49. The van der Waals surface area contributed by atoms with Crippen LogP contribution in [0.25, 0.3) is 10.9 Å². The molecule has 6 nitrogen and oxygen atoms in total. The fourth-order valence-corrected chi connectivity index (χ4v) is 8.81. The normalized spacial score (nSPS) is 12.1. The average Bonchev–Trinajstić information content (AvgIpc) is 3.55. The van der Waals surface area contributed by atoms with Gasteiger partial charge in [0, 0.05) is 42.4 Å². The number of rotatable bonds is 10. The molecule has 41 heavy (non-hydrogen) atoms. The zero-order valence-electron chi connectivity index (χ0n) is 25.0. The lowest BCUT2D eigenvalue weighted by molar-refractivity contribution is 0.0688. The zero-order chi connectivity index (χ0) is 29.4. The number of para-hydroxylation sites is 2. The first kappa shape index (κ1) is 29.2. The number of benzene rings is 2. The quantitative estimate of drug-likeness (QED) is 0.168. The Labute approximate surface area is 246 Å². The van der Waals surface area contributed by atoms with E-state index in [-0.39, 0.29) is 8.88 Å². The van der Waals surface area contributed by atoms with Gasteiger partial charge in [0.2, 0.25) is 0 Å². The third kappa shape index (κ3) is 5.25. The fourth-order valence-electron chi connectivity index (χ4n) is 6.13. The summed E-state index contributed by atoms with van der Waals surface area (Å²) in [7, 11) is 2.69. The molecule has 0 aliphatic heterocycles. The van der Waals surface area contributed by atoms with Crippen LogP contribution in [0.5, 0.6) is 0 Å². The third-order valence-electron chi connectivity index (χ3n) is 8.38. The van der Waals surface area contributed by atoms with Gasteiger partial charge in [0.05, 0.1) is 23.3 Å². The van der Waals surface area contributed by atoms with Crippen LogP contribution in [0, 0.1) is 27.7 Å². The Morgan fingerprint density at radius 3 is 2.17 bits per heavy atom. The van der Waals surface area contributed by atoms with E-state index in [2.05, 4.69) is 108 Å². The Morgan fingerprint density at radius 2 is 1.49 bits per heavy atom. The number of aryl methyl sites for hydroxylation is 1. The van der Waals surface area contributed by atoms with Gasteiger partial charge in [-0.05, 0) is 91.9 Å². The predicted octanol–water partition coefficient (Wildman–Crippen LogP) is 8.29. The molecule has 2 unspecified atom stereocenters. The molecule has 3 heterocycles. The van der Waals surface area contributed by atoms with Crippen LogP contribution in [0.1, 0.15) is 69.2 Å². The summed E-state index contributed by atoms with van der Waals surface area (Å²) >= 11 is 0. The minimum absolute atomic E-state index is 0.123. The first-order valence-corrected chi connectivity index (χ1v) is 16.0. The number of nitrogens with zero attached hydrogens (tertiary/aromatic N) is 4. The van der Waals surface area contributed by atoms with E-state index in [0.29, 0.717) is 21.0 Å². The Bertz CT molecular complexity index is 1740. The Morgan fingerprint density at radius 1 is 0.854 bits per heavy atom. The first-order chi connectivity index (χ1) is 19.7. The molecule has 214 valence electrons. The van der Waals surface area contributed by atoms with Crippen molar-refractivity contribution in [2.24, 2.45) is 0 Å². The lowest BCUT2D eigenvalue weighted by Crippen LogP contribution is -2.13. The standard InChI is InChI=1S/C33H40N4O2P2/c1-8-26-22(4)24(6)36(40-34(7)28-16-12-10-14-21(28)3)30(26)20-31-27(9-2)23(5)32(33(38)39)37(31)41-35-19-18-25-15-11-13-17-29(25)35/h10-19,40-41H,8-9,20H2,1-7H3,(H,38,39). The third-order valence-corrected chi connectivity index (χ3v) is 11.0. The molecular weight excluding hydrogens is 546 g/mol. The lowest BCUT2D eigenvalue weighted by atomic mass is 10.0. The van der Waals surface area contributed by atoms with Gasteiger partial charge in [0.15, 0.2) is 0 Å². The molecule has 0 saturated heterocycles. The summed E-state index contributed by atoms with van der Waals surface area (Å²) in [5, 5.41) is 11.6. The number of carboxylic acid groups (broad SMARTS) is 1. The molecule has 1 N–H and O–H groups in total. The molecule has 0 spiro atoms. The van der Waals surface area contributed by atoms with Gasteiger partial charge in [0.25, 0.3) is 0 Å². The van der Waals surface area contributed by atoms with E-state index in [1.54, 1.807) is 0 Å². The topological polar surface area (TPSA) is 55.3 Å². The molecule has 2 atom stereocenters. The van der Waals surface area contributed by atoms with Crippen molar-refractivity contribution in [2.45, 2.75) is 60.8 Å². The minimum Gasteiger partial charge on any atom is -0.477 e. The summed E-state index contributed by atoms with van der Waals surface area (Å²) in [6, 6.07) is 18.9. The smallest absolute Gasteiger partial charge is 0.353 e. The maximum Gasteiger partial charge on any atom is 0.353 e. The molecule has 2 aromatic carbocycles. The SMILES string of the molecule is CCc1c(C)c(C)n(PN(C)c2ccccc2C)c1Cc1c(CC)c(C)c(C(=O)O)n1Pn1ccc2ccccc21. The molecule has 0 bridgehead atoms. The molecule has 3 aromatic heterocycles. The molecule has 5 aromatic rings. The molecular formula is C33H40N4O2P2. The number of aromatic carboxylic acids is 1. The van der Waals surface area contributed by atoms with Crippen LogP contribution in [-0.4, -0.2) is 31.1 Å². The molecule has 0 saturated carbocycles. The second-order valence-electron chi connectivity index (χ2n) is 10.7. The number of hydrogen-bond acceptors (Lipinski definition) is 2. The van der Waals surface area contributed by atoms with Crippen molar-refractivity contribution in [3.63, 3.8) is 0 Å². The van der Waals surface area contributed by atoms with Gasteiger partial charge in [-0.25, -0.2) is 4.79 Å². The number of carbonyl (C=O) groups is 1. The average molecular weight is 587 g/mol. The summed E-state index contributed by atoms with van der Waals surface area (Å²) in [5.74, 6) is -0.868. The summed E-state index contributed by atoms with van der Waals surface area (Å²) < 4.78 is 9.08. The number of fused-ring (bicyclic) bond motifs is 1. The van der Waals surface area contributed by atoms with E-state index in [0.717, 1.165) is 40.6 Å². The summed E-state index contributed by atoms with van der Waals surface area (Å²) in [5.41, 5.74) is 12.4. The second-order valence-corrected chi connectivity index (χ2v) is 13.1. The van der Waals surface area contributed by atoms with Crippen molar-refractivity contribution in [3.05, 3.63) is 111 Å². The van der Waals surface area contributed by atoms with Crippen LogP contribution in [-0.2, 0) is 19.3 Å². The monoisotopic (exact) mass is 586 g/mol. The van der Waals surface area contributed by atoms with Crippen LogP contribution in [0.15, 0.2) is 60.8 Å². The number of anilines is 1. The van der Waals surface area contributed by atoms with Crippen molar-refractivity contribution in [2.75, 3.05) is 11.7 Å². The Hall–Kier alpha value is -3.33. The highest BCUT2D eigenvalue weighted by Gasteiger charge is 2.27. The lowest BCUT2D eigenvalue weighted by Gasteiger charge is -2.24. The largest absolute Gasteiger partial charge is 0.477 e. The van der Waals surface area contributed by atoms with E-state index in [1.807, 2.05) is 19.1 Å². The van der Waals surface area contributed by atoms with Crippen molar-refractivity contribution in [1.82, 2.24) is 13.0 Å². The summed E-state index contributed by atoms with van der Waals surface area (Å²) in [6.45, 7) is 13.0. The highest BCUT2D eigenvalue weighted by Crippen LogP contribution is 2.40. The highest BCUT2D eigenvalue weighted by molar-refractivity contribution is 7.38. The maximum absolute atomic E-state index is 12.7. The van der Waals surface area contributed by atoms with Crippen molar-refractivity contribution >= 4 is 40.3 Å². The molecule has 0 aliphatic carbocycles. The zero-order valence-corrected chi connectivity index (χ0v) is 27.0.